The Balaban J connectivity index is 2.35. The molecule has 72 valence electrons. The largest absolute Gasteiger partial charge is 0.0625 e. The number of rotatable bonds is 4. The van der Waals surface area contributed by atoms with Crippen molar-refractivity contribution in [3.63, 3.8) is 0 Å². The maximum atomic E-state index is 2.34. The molecule has 1 aromatic carbocycles. The predicted molar refractivity (Wildman–Crippen MR) is 58.8 cm³/mol. The molecule has 0 aromatic heterocycles. The van der Waals surface area contributed by atoms with Crippen molar-refractivity contribution in [2.45, 2.75) is 33.6 Å². The first-order valence-corrected chi connectivity index (χ1v) is 5.24. The highest BCUT2D eigenvalue weighted by Crippen LogP contribution is 2.16. The Morgan fingerprint density at radius 2 is 1.62 bits per heavy atom. The second-order valence-corrected chi connectivity index (χ2v) is 4.25. The standard InChI is InChI=1S/C13H20/c1-11(2)12(3)9-10-13-7-5-4-6-8-13/h4-8,11-12H,9-10H2,1-3H3. The highest BCUT2D eigenvalue weighted by molar-refractivity contribution is 5.14. The molecule has 1 atom stereocenters. The van der Waals surface area contributed by atoms with Crippen molar-refractivity contribution in [3.8, 4) is 0 Å². The van der Waals surface area contributed by atoms with Gasteiger partial charge in [0.1, 0.15) is 0 Å². The zero-order chi connectivity index (χ0) is 9.68. The van der Waals surface area contributed by atoms with Crippen LogP contribution in [0.1, 0.15) is 32.8 Å². The van der Waals surface area contributed by atoms with Gasteiger partial charge in [-0.25, -0.2) is 0 Å². The van der Waals surface area contributed by atoms with Gasteiger partial charge in [0.05, 0.1) is 0 Å². The topological polar surface area (TPSA) is 0 Å². The third-order valence-corrected chi connectivity index (χ3v) is 2.87. The van der Waals surface area contributed by atoms with Gasteiger partial charge in [-0.15, -0.1) is 0 Å². The first-order chi connectivity index (χ1) is 6.20. The fourth-order valence-electron chi connectivity index (χ4n) is 1.37. The molecule has 1 unspecified atom stereocenters. The van der Waals surface area contributed by atoms with Gasteiger partial charge in [0.15, 0.2) is 0 Å². The summed E-state index contributed by atoms with van der Waals surface area (Å²) >= 11 is 0. The molecule has 0 aliphatic rings. The maximum absolute atomic E-state index is 2.34. The van der Waals surface area contributed by atoms with Gasteiger partial charge in [0, 0.05) is 0 Å². The van der Waals surface area contributed by atoms with Crippen LogP contribution < -0.4 is 0 Å². The molecule has 0 saturated heterocycles. The van der Waals surface area contributed by atoms with E-state index in [1.54, 1.807) is 0 Å². The average molecular weight is 176 g/mol. The second kappa shape index (κ2) is 5.06. The molecule has 0 radical (unpaired) electrons. The normalized spacial score (nSPS) is 13.2. The van der Waals surface area contributed by atoms with Crippen LogP contribution in [0.5, 0.6) is 0 Å². The van der Waals surface area contributed by atoms with Crippen LogP contribution in [0.25, 0.3) is 0 Å². The predicted octanol–water partition coefficient (Wildman–Crippen LogP) is 3.91. The molecular formula is C13H20. The van der Waals surface area contributed by atoms with Crippen LogP contribution in [0.4, 0.5) is 0 Å². The molecule has 0 bridgehead atoms. The summed E-state index contributed by atoms with van der Waals surface area (Å²) in [5.41, 5.74) is 1.47. The van der Waals surface area contributed by atoms with Gasteiger partial charge in [-0.3, -0.25) is 0 Å². The van der Waals surface area contributed by atoms with Crippen LogP contribution in [0.2, 0.25) is 0 Å². The molecule has 1 rings (SSSR count). The molecule has 1 aromatic rings. The van der Waals surface area contributed by atoms with Gasteiger partial charge < -0.3 is 0 Å². The van der Waals surface area contributed by atoms with E-state index in [4.69, 9.17) is 0 Å². The van der Waals surface area contributed by atoms with E-state index in [0.717, 1.165) is 11.8 Å². The van der Waals surface area contributed by atoms with Crippen LogP contribution in [0.15, 0.2) is 30.3 Å². The van der Waals surface area contributed by atoms with Crippen molar-refractivity contribution >= 4 is 0 Å². The zero-order valence-corrected chi connectivity index (χ0v) is 8.96. The number of benzene rings is 1. The van der Waals surface area contributed by atoms with E-state index in [1.165, 1.54) is 18.4 Å². The van der Waals surface area contributed by atoms with Crippen LogP contribution in [-0.4, -0.2) is 0 Å². The summed E-state index contributed by atoms with van der Waals surface area (Å²) in [7, 11) is 0. The molecule has 13 heavy (non-hydrogen) atoms. The van der Waals surface area contributed by atoms with Crippen LogP contribution >= 0.6 is 0 Å². The zero-order valence-electron chi connectivity index (χ0n) is 8.96. The lowest BCUT2D eigenvalue weighted by Crippen LogP contribution is -2.04. The molecule has 0 nitrogen and oxygen atoms in total. The molecule has 0 heterocycles. The third-order valence-electron chi connectivity index (χ3n) is 2.87. The van der Waals surface area contributed by atoms with Crippen molar-refractivity contribution < 1.29 is 0 Å². The van der Waals surface area contributed by atoms with Crippen LogP contribution in [0.3, 0.4) is 0 Å². The van der Waals surface area contributed by atoms with Crippen molar-refractivity contribution in [2.75, 3.05) is 0 Å². The first-order valence-electron chi connectivity index (χ1n) is 5.24. The Labute approximate surface area is 82.0 Å². The van der Waals surface area contributed by atoms with Crippen molar-refractivity contribution in [1.29, 1.82) is 0 Å². The molecular weight excluding hydrogens is 156 g/mol. The second-order valence-electron chi connectivity index (χ2n) is 4.25. The number of hydrogen-bond donors (Lipinski definition) is 0. The summed E-state index contributed by atoms with van der Waals surface area (Å²) < 4.78 is 0. The summed E-state index contributed by atoms with van der Waals surface area (Å²) in [6.45, 7) is 6.94. The van der Waals surface area contributed by atoms with Crippen molar-refractivity contribution in [3.05, 3.63) is 35.9 Å². The Kier molecular flexibility index (Phi) is 4.01. The highest BCUT2D eigenvalue weighted by atomic mass is 14.1. The fourth-order valence-corrected chi connectivity index (χ4v) is 1.37. The van der Waals surface area contributed by atoms with Gasteiger partial charge in [-0.1, -0.05) is 51.1 Å². The molecule has 0 spiro atoms. The molecule has 0 aliphatic heterocycles. The minimum Gasteiger partial charge on any atom is -0.0625 e. The van der Waals surface area contributed by atoms with E-state index < -0.39 is 0 Å². The summed E-state index contributed by atoms with van der Waals surface area (Å²) in [5.74, 6) is 1.64. The maximum Gasteiger partial charge on any atom is -0.0276 e. The SMILES string of the molecule is CC(C)C(C)CCc1ccccc1. The van der Waals surface area contributed by atoms with Gasteiger partial charge in [-0.2, -0.15) is 0 Å². The molecule has 0 amide bonds. The van der Waals surface area contributed by atoms with Crippen molar-refractivity contribution in [2.24, 2.45) is 11.8 Å². The molecule has 0 saturated carbocycles. The van der Waals surface area contributed by atoms with E-state index in [2.05, 4.69) is 51.1 Å². The molecule has 0 N–H and O–H groups in total. The lowest BCUT2D eigenvalue weighted by Gasteiger charge is -2.14. The van der Waals surface area contributed by atoms with E-state index >= 15 is 0 Å². The van der Waals surface area contributed by atoms with Crippen LogP contribution in [0, 0.1) is 11.8 Å². The van der Waals surface area contributed by atoms with Gasteiger partial charge in [0.25, 0.3) is 0 Å². The Morgan fingerprint density at radius 1 is 1.00 bits per heavy atom. The molecule has 0 fully saturated rings. The summed E-state index contributed by atoms with van der Waals surface area (Å²) in [6, 6.07) is 10.8. The van der Waals surface area contributed by atoms with E-state index in [1.807, 2.05) is 0 Å². The summed E-state index contributed by atoms with van der Waals surface area (Å²) in [6.07, 6.45) is 2.53. The summed E-state index contributed by atoms with van der Waals surface area (Å²) in [4.78, 5) is 0. The third kappa shape index (κ3) is 3.63. The molecule has 0 heteroatoms. The van der Waals surface area contributed by atoms with Gasteiger partial charge in [0.2, 0.25) is 0 Å². The smallest absolute Gasteiger partial charge is 0.0276 e. The number of aryl methyl sites for hydroxylation is 1. The molecule has 0 aliphatic carbocycles. The fraction of sp³-hybridized carbons (Fsp3) is 0.538. The van der Waals surface area contributed by atoms with Crippen LogP contribution in [-0.2, 0) is 6.42 Å². The lowest BCUT2D eigenvalue weighted by atomic mass is 9.91. The van der Waals surface area contributed by atoms with E-state index in [-0.39, 0.29) is 0 Å². The Morgan fingerprint density at radius 3 is 2.15 bits per heavy atom. The van der Waals surface area contributed by atoms with Gasteiger partial charge >= 0.3 is 0 Å². The average Bonchev–Trinajstić information content (AvgIpc) is 2.15. The Hall–Kier alpha value is -0.780. The minimum absolute atomic E-state index is 0.809. The van der Waals surface area contributed by atoms with Crippen molar-refractivity contribution in [1.82, 2.24) is 0 Å². The summed E-state index contributed by atoms with van der Waals surface area (Å²) in [5, 5.41) is 0. The minimum atomic E-state index is 0.809. The van der Waals surface area contributed by atoms with E-state index in [0.29, 0.717) is 0 Å². The first kappa shape index (κ1) is 10.3. The van der Waals surface area contributed by atoms with E-state index in [9.17, 15) is 0 Å². The van der Waals surface area contributed by atoms with Gasteiger partial charge in [-0.05, 0) is 30.2 Å². The quantitative estimate of drug-likeness (QED) is 0.652. The Bertz CT molecular complexity index is 223. The lowest BCUT2D eigenvalue weighted by molar-refractivity contribution is 0.393. The monoisotopic (exact) mass is 176 g/mol. The number of hydrogen-bond acceptors (Lipinski definition) is 0. The highest BCUT2D eigenvalue weighted by Gasteiger charge is 2.06.